The summed E-state index contributed by atoms with van der Waals surface area (Å²) in [6.07, 6.45) is -2.93. The Morgan fingerprint density at radius 2 is 2.12 bits per heavy atom. The van der Waals surface area contributed by atoms with E-state index in [0.717, 1.165) is 0 Å². The zero-order chi connectivity index (χ0) is 13.0. The highest BCUT2D eigenvalue weighted by atomic mass is 16.5. The van der Waals surface area contributed by atoms with Crippen molar-refractivity contribution in [3.8, 4) is 17.6 Å². The van der Waals surface area contributed by atoms with Gasteiger partial charge in [-0.15, -0.1) is 0 Å². The summed E-state index contributed by atoms with van der Waals surface area (Å²) in [7, 11) is 1.31. The molecular formula is C11H11NO5. The number of rotatable bonds is 4. The van der Waals surface area contributed by atoms with E-state index in [1.54, 1.807) is 0 Å². The minimum absolute atomic E-state index is 0.0349. The van der Waals surface area contributed by atoms with Crippen molar-refractivity contribution in [1.82, 2.24) is 0 Å². The number of phenolic OH excluding ortho intramolecular Hbond substituents is 1. The van der Waals surface area contributed by atoms with Crippen molar-refractivity contribution in [2.24, 2.45) is 0 Å². The molecule has 0 aliphatic heterocycles. The standard InChI is InChI=1S/C11H11NO5/c1-17-9-3-2-6(7(5-13)11(9)16)10(15)8(14)4-12/h2-3,5,8,10,14-16H,1H3. The highest BCUT2D eigenvalue weighted by Crippen LogP contribution is 2.34. The van der Waals surface area contributed by atoms with E-state index >= 15 is 0 Å². The van der Waals surface area contributed by atoms with Crippen molar-refractivity contribution in [3.63, 3.8) is 0 Å². The van der Waals surface area contributed by atoms with Crippen LogP contribution < -0.4 is 4.74 Å². The second-order valence-electron chi connectivity index (χ2n) is 3.26. The molecular weight excluding hydrogens is 226 g/mol. The largest absolute Gasteiger partial charge is 0.504 e. The Morgan fingerprint density at radius 3 is 2.59 bits per heavy atom. The fourth-order valence-electron chi connectivity index (χ4n) is 1.39. The topological polar surface area (TPSA) is 111 Å². The number of benzene rings is 1. The molecule has 0 saturated heterocycles. The van der Waals surface area contributed by atoms with Crippen LogP contribution in [0, 0.1) is 11.3 Å². The fourth-order valence-corrected chi connectivity index (χ4v) is 1.39. The molecule has 0 amide bonds. The maximum absolute atomic E-state index is 10.8. The number of aromatic hydroxyl groups is 1. The first-order valence-electron chi connectivity index (χ1n) is 4.67. The molecule has 6 nitrogen and oxygen atoms in total. The van der Waals surface area contributed by atoms with Gasteiger partial charge in [-0.25, -0.2) is 0 Å². The molecule has 0 fully saturated rings. The maximum Gasteiger partial charge on any atom is 0.170 e. The van der Waals surface area contributed by atoms with Gasteiger partial charge in [-0.1, -0.05) is 6.07 Å². The Labute approximate surface area is 97.3 Å². The molecule has 0 bridgehead atoms. The molecule has 0 spiro atoms. The van der Waals surface area contributed by atoms with Crippen molar-refractivity contribution in [1.29, 1.82) is 5.26 Å². The Bertz CT molecular complexity index is 466. The fraction of sp³-hybridized carbons (Fsp3) is 0.273. The van der Waals surface area contributed by atoms with Crippen LogP contribution in [0.4, 0.5) is 0 Å². The molecule has 0 aliphatic carbocycles. The monoisotopic (exact) mass is 237 g/mol. The van der Waals surface area contributed by atoms with Gasteiger partial charge in [-0.05, 0) is 11.6 Å². The zero-order valence-corrected chi connectivity index (χ0v) is 8.99. The van der Waals surface area contributed by atoms with E-state index < -0.39 is 18.0 Å². The van der Waals surface area contributed by atoms with E-state index in [9.17, 15) is 20.1 Å². The number of methoxy groups -OCH3 is 1. The number of aldehydes is 1. The molecule has 0 radical (unpaired) electrons. The number of nitrogens with zero attached hydrogens (tertiary/aromatic N) is 1. The molecule has 17 heavy (non-hydrogen) atoms. The van der Waals surface area contributed by atoms with Gasteiger partial charge in [0.15, 0.2) is 23.9 Å². The Hall–Kier alpha value is -2.10. The van der Waals surface area contributed by atoms with Crippen LogP contribution in [0.3, 0.4) is 0 Å². The Balaban J connectivity index is 3.31. The molecule has 6 heteroatoms. The van der Waals surface area contributed by atoms with Crippen molar-refractivity contribution < 1.29 is 24.9 Å². The summed E-state index contributed by atoms with van der Waals surface area (Å²) in [6.45, 7) is 0. The number of hydrogen-bond donors (Lipinski definition) is 3. The second-order valence-corrected chi connectivity index (χ2v) is 3.26. The third-order valence-electron chi connectivity index (χ3n) is 2.30. The van der Waals surface area contributed by atoms with Crippen LogP contribution in [-0.4, -0.2) is 34.8 Å². The molecule has 2 atom stereocenters. The third kappa shape index (κ3) is 2.36. The predicted octanol–water partition coefficient (Wildman–Crippen LogP) is 0.131. The molecule has 1 rings (SSSR count). The van der Waals surface area contributed by atoms with Gasteiger partial charge in [0.2, 0.25) is 0 Å². The van der Waals surface area contributed by atoms with Crippen LogP contribution in [-0.2, 0) is 0 Å². The van der Waals surface area contributed by atoms with Gasteiger partial charge >= 0.3 is 0 Å². The molecule has 0 aromatic heterocycles. The molecule has 1 aromatic carbocycles. The van der Waals surface area contributed by atoms with Crippen LogP contribution in [0.15, 0.2) is 12.1 Å². The molecule has 0 saturated carbocycles. The number of nitriles is 1. The molecule has 3 N–H and O–H groups in total. The maximum atomic E-state index is 10.8. The first-order valence-corrected chi connectivity index (χ1v) is 4.67. The minimum Gasteiger partial charge on any atom is -0.504 e. The second kappa shape index (κ2) is 5.30. The number of ether oxygens (including phenoxy) is 1. The smallest absolute Gasteiger partial charge is 0.170 e. The van der Waals surface area contributed by atoms with Crippen molar-refractivity contribution in [3.05, 3.63) is 23.3 Å². The van der Waals surface area contributed by atoms with E-state index in [1.807, 2.05) is 0 Å². The molecule has 0 aliphatic rings. The van der Waals surface area contributed by atoms with Gasteiger partial charge in [-0.3, -0.25) is 4.79 Å². The van der Waals surface area contributed by atoms with E-state index in [0.29, 0.717) is 6.29 Å². The average Bonchev–Trinajstić information content (AvgIpc) is 2.36. The van der Waals surface area contributed by atoms with Crippen LogP contribution in [0.1, 0.15) is 22.0 Å². The lowest BCUT2D eigenvalue weighted by Gasteiger charge is -2.16. The Kier molecular flexibility index (Phi) is 4.04. The van der Waals surface area contributed by atoms with Crippen molar-refractivity contribution >= 4 is 6.29 Å². The van der Waals surface area contributed by atoms with E-state index in [4.69, 9.17) is 10.00 Å². The van der Waals surface area contributed by atoms with Gasteiger partial charge < -0.3 is 20.1 Å². The summed E-state index contributed by atoms with van der Waals surface area (Å²) < 4.78 is 4.79. The molecule has 90 valence electrons. The van der Waals surface area contributed by atoms with Gasteiger partial charge in [0.1, 0.15) is 6.10 Å². The van der Waals surface area contributed by atoms with Crippen LogP contribution in [0.5, 0.6) is 11.5 Å². The minimum atomic E-state index is -1.68. The summed E-state index contributed by atoms with van der Waals surface area (Å²) in [6, 6.07) is 4.06. The number of carbonyl (C=O) groups is 1. The van der Waals surface area contributed by atoms with Gasteiger partial charge in [-0.2, -0.15) is 5.26 Å². The van der Waals surface area contributed by atoms with Crippen LogP contribution in [0.2, 0.25) is 0 Å². The lowest BCUT2D eigenvalue weighted by Crippen LogP contribution is -2.17. The number of aliphatic hydroxyl groups excluding tert-OH is 2. The first kappa shape index (κ1) is 13.0. The number of aliphatic hydroxyl groups is 2. The summed E-state index contributed by atoms with van der Waals surface area (Å²) >= 11 is 0. The van der Waals surface area contributed by atoms with Gasteiger partial charge in [0.25, 0.3) is 0 Å². The van der Waals surface area contributed by atoms with Crippen molar-refractivity contribution in [2.45, 2.75) is 12.2 Å². The zero-order valence-electron chi connectivity index (χ0n) is 8.99. The highest BCUT2D eigenvalue weighted by Gasteiger charge is 2.23. The van der Waals surface area contributed by atoms with E-state index in [1.165, 1.54) is 25.3 Å². The first-order chi connectivity index (χ1) is 8.06. The number of carbonyl (C=O) groups excluding carboxylic acids is 1. The summed E-state index contributed by atoms with van der Waals surface area (Å²) in [5.41, 5.74) is -0.251. The Morgan fingerprint density at radius 1 is 1.47 bits per heavy atom. The third-order valence-corrected chi connectivity index (χ3v) is 2.30. The number of phenols is 1. The van der Waals surface area contributed by atoms with Crippen LogP contribution in [0.25, 0.3) is 0 Å². The molecule has 1 aromatic rings. The lowest BCUT2D eigenvalue weighted by molar-refractivity contribution is 0.0520. The predicted molar refractivity (Wildman–Crippen MR) is 56.6 cm³/mol. The summed E-state index contributed by atoms with van der Waals surface area (Å²) in [4.78, 5) is 10.8. The molecule has 2 unspecified atom stereocenters. The molecule has 0 heterocycles. The van der Waals surface area contributed by atoms with Gasteiger partial charge in [0.05, 0.1) is 18.7 Å². The highest BCUT2D eigenvalue weighted by molar-refractivity contribution is 5.83. The van der Waals surface area contributed by atoms with E-state index in [2.05, 4.69) is 0 Å². The van der Waals surface area contributed by atoms with Gasteiger partial charge in [0, 0.05) is 0 Å². The van der Waals surface area contributed by atoms with Crippen molar-refractivity contribution in [2.75, 3.05) is 7.11 Å². The SMILES string of the molecule is COc1ccc(C(O)C(O)C#N)c(C=O)c1O. The van der Waals surface area contributed by atoms with Crippen LogP contribution >= 0.6 is 0 Å². The quantitative estimate of drug-likeness (QED) is 0.507. The van der Waals surface area contributed by atoms with E-state index in [-0.39, 0.29) is 16.9 Å². The average molecular weight is 237 g/mol. The summed E-state index contributed by atoms with van der Waals surface area (Å²) in [5.74, 6) is -0.376. The number of hydrogen-bond acceptors (Lipinski definition) is 6. The lowest BCUT2D eigenvalue weighted by atomic mass is 9.98. The normalized spacial score (nSPS) is 13.5. The summed E-state index contributed by atoms with van der Waals surface area (Å²) in [5, 5.41) is 36.9.